The van der Waals surface area contributed by atoms with Crippen molar-refractivity contribution in [1.82, 2.24) is 4.57 Å². The number of aromatic nitrogens is 1. The normalized spacial score (nSPS) is 12.2. The molecule has 3 aromatic carbocycles. The molecule has 30 heavy (non-hydrogen) atoms. The average Bonchev–Trinajstić information content (AvgIpc) is 3.21. The number of hydrogen-bond acceptors (Lipinski definition) is 1. The van der Waals surface area contributed by atoms with E-state index in [0.29, 0.717) is 5.56 Å². The smallest absolute Gasteiger partial charge is 0.342 e. The van der Waals surface area contributed by atoms with Gasteiger partial charge in [0, 0.05) is 22.5 Å². The van der Waals surface area contributed by atoms with Crippen LogP contribution in [0.5, 0.6) is 0 Å². The largest absolute Gasteiger partial charge is 0.416 e. The quantitative estimate of drug-likeness (QED) is 0.254. The van der Waals surface area contributed by atoms with Crippen molar-refractivity contribution in [1.29, 1.82) is 0 Å². The summed E-state index contributed by atoms with van der Waals surface area (Å²) in [6, 6.07) is 19.5. The Labute approximate surface area is 173 Å². The second kappa shape index (κ2) is 6.71. The minimum absolute atomic E-state index is 0.317. The molecule has 0 N–H and O–H groups in total. The molecule has 0 spiro atoms. The van der Waals surface area contributed by atoms with Crippen molar-refractivity contribution in [3.05, 3.63) is 84.2 Å². The van der Waals surface area contributed by atoms with Crippen LogP contribution in [0.1, 0.15) is 5.56 Å². The SMILES string of the molecule is Cn1c(-c2ccc(C(F)(F)F)cc2)c2sc3ccccc3c2c1-c1ccc(F)cc1. The Morgan fingerprint density at radius 2 is 1.37 bits per heavy atom. The fraction of sp³-hybridized carbons (Fsp3) is 0.0833. The highest BCUT2D eigenvalue weighted by molar-refractivity contribution is 7.26. The summed E-state index contributed by atoms with van der Waals surface area (Å²) in [6.07, 6.45) is -4.38. The molecule has 2 heterocycles. The van der Waals surface area contributed by atoms with Gasteiger partial charge >= 0.3 is 6.18 Å². The molecule has 0 aliphatic rings. The molecule has 6 heteroatoms. The molecular formula is C24H15F4NS. The van der Waals surface area contributed by atoms with Crippen LogP contribution in [0, 0.1) is 5.82 Å². The van der Waals surface area contributed by atoms with Crippen molar-refractivity contribution >= 4 is 31.5 Å². The molecule has 5 aromatic rings. The second-order valence-electron chi connectivity index (χ2n) is 7.14. The summed E-state index contributed by atoms with van der Waals surface area (Å²) in [5, 5.41) is 2.10. The van der Waals surface area contributed by atoms with Crippen LogP contribution in [0.4, 0.5) is 17.6 Å². The van der Waals surface area contributed by atoms with Crippen LogP contribution in [0.15, 0.2) is 72.8 Å². The molecule has 1 nitrogen and oxygen atoms in total. The molecule has 5 rings (SSSR count). The lowest BCUT2D eigenvalue weighted by Gasteiger charge is -2.11. The van der Waals surface area contributed by atoms with Crippen molar-refractivity contribution in [2.75, 3.05) is 0 Å². The highest BCUT2D eigenvalue weighted by Crippen LogP contribution is 2.47. The first-order valence-corrected chi connectivity index (χ1v) is 10.1. The zero-order chi connectivity index (χ0) is 21.0. The van der Waals surface area contributed by atoms with Gasteiger partial charge in [-0.15, -0.1) is 11.3 Å². The summed E-state index contributed by atoms with van der Waals surface area (Å²) in [5.74, 6) is -0.317. The highest BCUT2D eigenvalue weighted by atomic mass is 32.1. The fourth-order valence-corrected chi connectivity index (χ4v) is 5.27. The third-order valence-corrected chi connectivity index (χ3v) is 6.50. The molecule has 0 radical (unpaired) electrons. The summed E-state index contributed by atoms with van der Waals surface area (Å²) in [6.45, 7) is 0. The number of thiophene rings is 1. The van der Waals surface area contributed by atoms with Crippen LogP contribution in [-0.4, -0.2) is 4.57 Å². The van der Waals surface area contributed by atoms with Crippen LogP contribution in [0.25, 0.3) is 42.7 Å². The Bertz CT molecular complexity index is 1370. The summed E-state index contributed by atoms with van der Waals surface area (Å²) >= 11 is 1.61. The molecule has 2 aromatic heterocycles. The van der Waals surface area contributed by atoms with E-state index >= 15 is 0 Å². The van der Waals surface area contributed by atoms with E-state index < -0.39 is 11.7 Å². The van der Waals surface area contributed by atoms with Crippen molar-refractivity contribution in [3.8, 4) is 22.5 Å². The lowest BCUT2D eigenvalue weighted by molar-refractivity contribution is -0.137. The standard InChI is InChI=1S/C24H15F4NS/c1-29-21(14-8-12-17(25)13-9-14)20-18-4-2-3-5-19(18)30-23(20)22(29)15-6-10-16(11-7-15)24(26,27)28/h2-13H,1H3. The minimum Gasteiger partial charge on any atom is -0.342 e. The number of halogens is 4. The van der Waals surface area contributed by atoms with E-state index in [9.17, 15) is 17.6 Å². The zero-order valence-electron chi connectivity index (χ0n) is 15.8. The first kappa shape index (κ1) is 18.9. The predicted molar refractivity (Wildman–Crippen MR) is 114 cm³/mol. The molecule has 0 atom stereocenters. The molecular weight excluding hydrogens is 410 g/mol. The van der Waals surface area contributed by atoms with Gasteiger partial charge < -0.3 is 4.57 Å². The number of rotatable bonds is 2. The third-order valence-electron chi connectivity index (χ3n) is 5.32. The van der Waals surface area contributed by atoms with Gasteiger partial charge in [-0.25, -0.2) is 4.39 Å². The van der Waals surface area contributed by atoms with Gasteiger partial charge in [-0.1, -0.05) is 30.3 Å². The van der Waals surface area contributed by atoms with E-state index in [1.165, 1.54) is 24.3 Å². The molecule has 0 unspecified atom stereocenters. The van der Waals surface area contributed by atoms with Gasteiger partial charge in [-0.05, 0) is 53.6 Å². The lowest BCUT2D eigenvalue weighted by atomic mass is 10.1. The van der Waals surface area contributed by atoms with Crippen LogP contribution in [-0.2, 0) is 13.2 Å². The summed E-state index contributed by atoms with van der Waals surface area (Å²) < 4.78 is 56.7. The van der Waals surface area contributed by atoms with Gasteiger partial charge in [0.2, 0.25) is 0 Å². The number of nitrogens with zero attached hydrogens (tertiary/aromatic N) is 1. The van der Waals surface area contributed by atoms with Crippen LogP contribution in [0.2, 0.25) is 0 Å². The monoisotopic (exact) mass is 425 g/mol. The maximum Gasteiger partial charge on any atom is 0.416 e. The van der Waals surface area contributed by atoms with E-state index in [4.69, 9.17) is 0 Å². The predicted octanol–water partition coefficient (Wildman–Crippen LogP) is 7.88. The Morgan fingerprint density at radius 3 is 2.03 bits per heavy atom. The van der Waals surface area contributed by atoms with Crippen LogP contribution in [0.3, 0.4) is 0 Å². The first-order chi connectivity index (χ1) is 14.3. The van der Waals surface area contributed by atoms with Gasteiger partial charge in [0.25, 0.3) is 0 Å². The maximum absolute atomic E-state index is 13.5. The minimum atomic E-state index is -4.38. The van der Waals surface area contributed by atoms with Crippen molar-refractivity contribution < 1.29 is 17.6 Å². The van der Waals surface area contributed by atoms with Gasteiger partial charge in [0.15, 0.2) is 0 Å². The highest BCUT2D eigenvalue weighted by Gasteiger charge is 2.30. The van der Waals surface area contributed by atoms with Gasteiger partial charge in [0.05, 0.1) is 21.7 Å². The van der Waals surface area contributed by atoms with E-state index in [-0.39, 0.29) is 5.82 Å². The summed E-state index contributed by atoms with van der Waals surface area (Å²) in [7, 11) is 1.90. The third kappa shape index (κ3) is 2.91. The number of hydrogen-bond donors (Lipinski definition) is 0. The van der Waals surface area contributed by atoms with Crippen LogP contribution < -0.4 is 0 Å². The number of alkyl halides is 3. The Kier molecular flexibility index (Phi) is 4.22. The van der Waals surface area contributed by atoms with Crippen molar-refractivity contribution in [2.45, 2.75) is 6.18 Å². The molecule has 0 bridgehead atoms. The fourth-order valence-electron chi connectivity index (χ4n) is 3.97. The van der Waals surface area contributed by atoms with E-state index in [1.54, 1.807) is 23.5 Å². The average molecular weight is 425 g/mol. The van der Waals surface area contributed by atoms with E-state index in [0.717, 1.165) is 49.3 Å². The Hall–Kier alpha value is -3.12. The first-order valence-electron chi connectivity index (χ1n) is 9.28. The lowest BCUT2D eigenvalue weighted by Crippen LogP contribution is -2.04. The van der Waals surface area contributed by atoms with Crippen molar-refractivity contribution in [3.63, 3.8) is 0 Å². The molecule has 0 saturated heterocycles. The van der Waals surface area contributed by atoms with Crippen LogP contribution >= 0.6 is 11.3 Å². The number of fused-ring (bicyclic) bond motifs is 3. The second-order valence-corrected chi connectivity index (χ2v) is 8.19. The summed E-state index contributed by atoms with van der Waals surface area (Å²) in [4.78, 5) is 0. The number of benzene rings is 3. The Morgan fingerprint density at radius 1 is 0.767 bits per heavy atom. The Balaban J connectivity index is 1.83. The summed E-state index contributed by atoms with van der Waals surface area (Å²) in [5.41, 5.74) is 2.64. The molecule has 0 saturated carbocycles. The molecule has 0 fully saturated rings. The molecule has 0 amide bonds. The maximum atomic E-state index is 13.5. The molecule has 0 aliphatic carbocycles. The molecule has 150 valence electrons. The van der Waals surface area contributed by atoms with Crippen molar-refractivity contribution in [2.24, 2.45) is 7.05 Å². The van der Waals surface area contributed by atoms with Gasteiger partial charge in [-0.2, -0.15) is 13.2 Å². The van der Waals surface area contributed by atoms with E-state index in [2.05, 4.69) is 0 Å². The molecule has 0 aliphatic heterocycles. The van der Waals surface area contributed by atoms with Gasteiger partial charge in [-0.3, -0.25) is 0 Å². The zero-order valence-corrected chi connectivity index (χ0v) is 16.6. The van der Waals surface area contributed by atoms with Gasteiger partial charge in [0.1, 0.15) is 5.82 Å². The van der Waals surface area contributed by atoms with E-state index in [1.807, 2.05) is 35.9 Å². The topological polar surface area (TPSA) is 4.93 Å².